The molecule has 0 aromatic rings. The zero-order valence-electron chi connectivity index (χ0n) is 48.7. The molecule has 6 nitrogen and oxygen atoms in total. The van der Waals surface area contributed by atoms with Crippen molar-refractivity contribution in [1.82, 2.24) is 0 Å². The highest BCUT2D eigenvalue weighted by atomic mass is 16.6. The molecule has 6 heteroatoms. The summed E-state index contributed by atoms with van der Waals surface area (Å²) >= 11 is 0. The van der Waals surface area contributed by atoms with Gasteiger partial charge in [0, 0.05) is 19.3 Å². The van der Waals surface area contributed by atoms with Gasteiger partial charge in [0.1, 0.15) is 13.2 Å². The van der Waals surface area contributed by atoms with E-state index in [0.717, 1.165) is 77.0 Å². The van der Waals surface area contributed by atoms with Gasteiger partial charge in [-0.25, -0.2) is 0 Å². The number of hydrogen-bond donors (Lipinski definition) is 0. The molecule has 0 aliphatic heterocycles. The smallest absolute Gasteiger partial charge is 0.306 e. The number of carbonyl (C=O) groups is 3. The summed E-state index contributed by atoms with van der Waals surface area (Å²) in [5.74, 6) is -0.927. The molecule has 0 N–H and O–H groups in total. The molecule has 73 heavy (non-hydrogen) atoms. The molecule has 0 saturated carbocycles. The summed E-state index contributed by atoms with van der Waals surface area (Å²) in [5, 5.41) is 0. The second-order valence-corrected chi connectivity index (χ2v) is 21.3. The molecule has 0 radical (unpaired) electrons. The predicted octanol–water partition coefficient (Wildman–Crippen LogP) is 21.6. The first-order valence-electron chi connectivity index (χ1n) is 31.8. The fraction of sp³-hybridized carbons (Fsp3) is 0.806. The minimum atomic E-state index is -0.795. The number of hydrogen-bond acceptors (Lipinski definition) is 6. The van der Waals surface area contributed by atoms with E-state index < -0.39 is 6.10 Å². The van der Waals surface area contributed by atoms with Crippen molar-refractivity contribution in [2.75, 3.05) is 13.2 Å². The summed E-state index contributed by atoms with van der Waals surface area (Å²) in [6, 6.07) is 0. The lowest BCUT2D eigenvalue weighted by atomic mass is 10.0. The van der Waals surface area contributed by atoms with E-state index in [4.69, 9.17) is 14.2 Å². The predicted molar refractivity (Wildman–Crippen MR) is 316 cm³/mol. The highest BCUT2D eigenvalue weighted by Gasteiger charge is 2.19. The normalized spacial score (nSPS) is 12.4. The zero-order valence-corrected chi connectivity index (χ0v) is 48.7. The van der Waals surface area contributed by atoms with Crippen molar-refractivity contribution in [3.8, 4) is 0 Å². The van der Waals surface area contributed by atoms with E-state index in [9.17, 15) is 14.4 Å². The van der Waals surface area contributed by atoms with Gasteiger partial charge in [0.05, 0.1) is 0 Å². The van der Waals surface area contributed by atoms with Crippen LogP contribution in [0, 0.1) is 0 Å². The third-order valence-corrected chi connectivity index (χ3v) is 14.0. The van der Waals surface area contributed by atoms with Crippen molar-refractivity contribution in [3.05, 3.63) is 60.8 Å². The maximum atomic E-state index is 12.9. The van der Waals surface area contributed by atoms with Crippen LogP contribution in [0.1, 0.15) is 329 Å². The largest absolute Gasteiger partial charge is 0.462 e. The van der Waals surface area contributed by atoms with Crippen molar-refractivity contribution in [3.63, 3.8) is 0 Å². The summed E-state index contributed by atoms with van der Waals surface area (Å²) in [4.78, 5) is 38.3. The van der Waals surface area contributed by atoms with E-state index in [1.54, 1.807) is 0 Å². The number of ether oxygens (including phenoxy) is 3. The van der Waals surface area contributed by atoms with Crippen LogP contribution in [0.4, 0.5) is 0 Å². The van der Waals surface area contributed by atoms with Gasteiger partial charge in [-0.1, -0.05) is 313 Å². The molecule has 0 fully saturated rings. The van der Waals surface area contributed by atoms with Crippen LogP contribution in [0.3, 0.4) is 0 Å². The van der Waals surface area contributed by atoms with Crippen molar-refractivity contribution in [1.29, 1.82) is 0 Å². The van der Waals surface area contributed by atoms with Crippen molar-refractivity contribution < 1.29 is 28.6 Å². The molecule has 0 saturated heterocycles. The zero-order chi connectivity index (χ0) is 52.9. The molecule has 0 amide bonds. The number of rotatable bonds is 58. The summed E-state index contributed by atoms with van der Waals surface area (Å²) in [6.45, 7) is 6.54. The number of carbonyl (C=O) groups excluding carboxylic acids is 3. The molecule has 0 aromatic heterocycles. The van der Waals surface area contributed by atoms with Crippen LogP contribution in [0.15, 0.2) is 60.8 Å². The van der Waals surface area contributed by atoms with Gasteiger partial charge < -0.3 is 14.2 Å². The van der Waals surface area contributed by atoms with E-state index in [1.807, 2.05) is 0 Å². The average Bonchev–Trinajstić information content (AvgIpc) is 3.39. The minimum Gasteiger partial charge on any atom is -0.462 e. The molecular formula is C67H120O6. The molecular weight excluding hydrogens is 901 g/mol. The van der Waals surface area contributed by atoms with Gasteiger partial charge in [-0.3, -0.25) is 14.4 Å². The topological polar surface area (TPSA) is 78.9 Å². The Morgan fingerprint density at radius 3 is 0.836 bits per heavy atom. The van der Waals surface area contributed by atoms with Gasteiger partial charge in [0.2, 0.25) is 0 Å². The second kappa shape index (κ2) is 61.7. The summed E-state index contributed by atoms with van der Waals surface area (Å²) in [7, 11) is 0. The summed E-state index contributed by atoms with van der Waals surface area (Å²) in [5.41, 5.74) is 0. The molecule has 1 atom stereocenters. The monoisotopic (exact) mass is 1020 g/mol. The lowest BCUT2D eigenvalue weighted by Gasteiger charge is -2.18. The van der Waals surface area contributed by atoms with E-state index in [-0.39, 0.29) is 37.5 Å². The Morgan fingerprint density at radius 2 is 0.534 bits per heavy atom. The van der Waals surface area contributed by atoms with E-state index in [1.165, 1.54) is 205 Å². The molecule has 0 aliphatic rings. The Kier molecular flexibility index (Phi) is 59.2. The number of allylic oxidation sites excluding steroid dienone is 10. The molecule has 0 aromatic carbocycles. The van der Waals surface area contributed by atoms with Crippen LogP contribution in [0.25, 0.3) is 0 Å². The maximum absolute atomic E-state index is 12.9. The third-order valence-electron chi connectivity index (χ3n) is 14.0. The Morgan fingerprint density at radius 1 is 0.288 bits per heavy atom. The van der Waals surface area contributed by atoms with E-state index >= 15 is 0 Å². The maximum Gasteiger partial charge on any atom is 0.306 e. The fourth-order valence-corrected chi connectivity index (χ4v) is 9.31. The first-order chi connectivity index (χ1) is 36.0. The lowest BCUT2D eigenvalue weighted by Crippen LogP contribution is -2.30. The first-order valence-corrected chi connectivity index (χ1v) is 31.8. The lowest BCUT2D eigenvalue weighted by molar-refractivity contribution is -0.167. The van der Waals surface area contributed by atoms with Crippen LogP contribution in [-0.4, -0.2) is 37.2 Å². The second-order valence-electron chi connectivity index (χ2n) is 21.3. The van der Waals surface area contributed by atoms with Crippen molar-refractivity contribution in [2.24, 2.45) is 0 Å². The highest BCUT2D eigenvalue weighted by Crippen LogP contribution is 2.18. The molecule has 0 unspecified atom stereocenters. The van der Waals surface area contributed by atoms with Crippen LogP contribution < -0.4 is 0 Å². The molecule has 0 spiro atoms. The van der Waals surface area contributed by atoms with Gasteiger partial charge in [-0.05, 0) is 57.8 Å². The van der Waals surface area contributed by atoms with Crippen LogP contribution in [-0.2, 0) is 28.6 Å². The average molecular weight is 1020 g/mol. The number of esters is 3. The molecule has 0 heterocycles. The molecule has 0 rings (SSSR count). The van der Waals surface area contributed by atoms with Gasteiger partial charge in [0.25, 0.3) is 0 Å². The van der Waals surface area contributed by atoms with Gasteiger partial charge >= 0.3 is 17.9 Å². The molecule has 0 aliphatic carbocycles. The molecule has 0 bridgehead atoms. The Hall–Kier alpha value is -2.89. The standard InChI is InChI=1S/C67H120O6/c1-4-7-10-13-16-19-22-25-28-31-32-33-34-37-40-43-46-49-52-55-58-61-67(70)73-64(62-71-65(68)59-56-53-50-47-44-41-38-35-29-26-23-20-17-14-11-8-5-2)63-72-66(69)60-57-54-51-48-45-42-39-36-30-27-24-21-18-15-12-9-6-3/h8,11,17,20,26,29,38,41,47,50,64H,4-7,9-10,12-16,18-19,21-25,27-28,30-37,39-40,42-46,48-49,51-63H2,1-3H3/b11-8-,20-17-,29-26-,41-38-,50-47-/t64-/m1/s1. The van der Waals surface area contributed by atoms with Crippen molar-refractivity contribution >= 4 is 17.9 Å². The van der Waals surface area contributed by atoms with Gasteiger partial charge in [0.15, 0.2) is 6.10 Å². The van der Waals surface area contributed by atoms with Crippen LogP contribution in [0.5, 0.6) is 0 Å². The Labute approximate surface area is 453 Å². The molecule has 424 valence electrons. The quantitative estimate of drug-likeness (QED) is 0.0261. The third kappa shape index (κ3) is 59.9. The van der Waals surface area contributed by atoms with Gasteiger partial charge in [-0.15, -0.1) is 0 Å². The summed E-state index contributed by atoms with van der Waals surface area (Å²) in [6.07, 6.45) is 78.0. The highest BCUT2D eigenvalue weighted by molar-refractivity contribution is 5.71. The Bertz CT molecular complexity index is 1310. The number of unbranched alkanes of at least 4 members (excludes halogenated alkanes) is 37. The Balaban J connectivity index is 4.39. The minimum absolute atomic E-state index is 0.0871. The van der Waals surface area contributed by atoms with Crippen molar-refractivity contribution in [2.45, 2.75) is 335 Å². The van der Waals surface area contributed by atoms with Crippen LogP contribution in [0.2, 0.25) is 0 Å². The van der Waals surface area contributed by atoms with E-state index in [2.05, 4.69) is 81.5 Å². The SMILES string of the molecule is CC/C=C\C/C=C\C/C=C\C/C=C\C/C=C\CCCC(=O)OC[C@H](COC(=O)CCCCCCCCCCCCCCCCCCC)OC(=O)CCCCCCCCCCCCCCCCCCCCCCC. The van der Waals surface area contributed by atoms with Gasteiger partial charge in [-0.2, -0.15) is 0 Å². The summed E-state index contributed by atoms with van der Waals surface area (Å²) < 4.78 is 16.9. The van der Waals surface area contributed by atoms with Crippen LogP contribution >= 0.6 is 0 Å². The fourth-order valence-electron chi connectivity index (χ4n) is 9.31. The first kappa shape index (κ1) is 70.1. The van der Waals surface area contributed by atoms with E-state index in [0.29, 0.717) is 19.3 Å².